The third-order valence-electron chi connectivity index (χ3n) is 23.7. The second kappa shape index (κ2) is 34.3. The van der Waals surface area contributed by atoms with E-state index in [2.05, 4.69) is 186 Å². The molecule has 4 fully saturated rings. The smallest absolute Gasteiger partial charge is 0.255 e. The van der Waals surface area contributed by atoms with Crippen LogP contribution in [0.3, 0.4) is 0 Å². The number of nitrogens with zero attached hydrogens (tertiary/aromatic N) is 17. The van der Waals surface area contributed by atoms with Crippen LogP contribution in [0.5, 0.6) is 0 Å². The minimum atomic E-state index is -0.332. The number of rotatable bonds is 16. The average Bonchev–Trinajstić information content (AvgIpc) is 1.66. The first kappa shape index (κ1) is 77.4. The highest BCUT2D eigenvalue weighted by atomic mass is 19.1. The lowest BCUT2D eigenvalue weighted by molar-refractivity contribution is 0.0734. The van der Waals surface area contributed by atoms with Gasteiger partial charge in [-0.2, -0.15) is 25.7 Å². The van der Waals surface area contributed by atoms with Crippen LogP contribution in [-0.2, 0) is 26.2 Å². The summed E-state index contributed by atoms with van der Waals surface area (Å²) in [5, 5.41) is 36.8. The molecule has 0 spiro atoms. The molecule has 0 aliphatic carbocycles. The number of aromatic amines is 4. The summed E-state index contributed by atoms with van der Waals surface area (Å²) in [6.07, 6.45) is 26.2. The molecule has 4 N–H and O–H groups in total. The lowest BCUT2D eigenvalue weighted by atomic mass is 10.1. The maximum absolute atomic E-state index is 13.2. The summed E-state index contributed by atoms with van der Waals surface area (Å²) in [6.45, 7) is 14.7. The minimum absolute atomic E-state index is 0.0368. The number of H-pyrrole nitrogens is 4. The van der Waals surface area contributed by atoms with E-state index in [9.17, 15) is 28.8 Å². The first-order valence-corrected chi connectivity index (χ1v) is 40.4. The number of carbonyl (C=O) groups is 4. The Labute approximate surface area is 686 Å². The van der Waals surface area contributed by atoms with Crippen molar-refractivity contribution in [2.75, 3.05) is 26.2 Å². The van der Waals surface area contributed by atoms with Crippen molar-refractivity contribution in [3.8, 4) is 50.6 Å². The van der Waals surface area contributed by atoms with Crippen molar-refractivity contribution in [3.05, 3.63) is 291 Å². The van der Waals surface area contributed by atoms with E-state index in [4.69, 9.17) is 0 Å². The summed E-state index contributed by atoms with van der Waals surface area (Å²) >= 11 is 0. The van der Waals surface area contributed by atoms with Gasteiger partial charge in [-0.05, 0) is 208 Å². The van der Waals surface area contributed by atoms with Crippen LogP contribution in [0.1, 0.15) is 100 Å². The summed E-state index contributed by atoms with van der Waals surface area (Å²) in [4.78, 5) is 77.9. The van der Waals surface area contributed by atoms with Gasteiger partial charge >= 0.3 is 0 Å². The zero-order chi connectivity index (χ0) is 81.6. The molecule has 598 valence electrons. The number of hydrogen-bond donors (Lipinski definition) is 4. The molecule has 8 aromatic carbocycles. The molecule has 4 amide bonds. The van der Waals surface area contributed by atoms with Gasteiger partial charge in [-0.15, -0.1) is 0 Å². The standard InChI is InChI=1S/C24H22N6O.C23H22FN5O.2C23H23N5O/c1-16-8-17(14-30(16)24(31)21-5-3-2-4-19(21)10-25)13-29-15-26-22-9-18(6-7-23(22)29)20-11-27-28-12-20;1-15-8-16(13-29(15)23(30)17-2-5-20(24)6-3-17)12-28-14-25-21-9-18(4-7-22(21)28)19-10-26-27-11-19;2*1-16-9-17(14-28(16)23(29)18-5-3-2-4-6-18)13-27-15-24-21-10-19(7-8-22(21)27)20-11-25-26-12-20/h2-7,9,11-12,15-17H,8,13-14H2,1H3,(H,27,28);2-7,9-11,14-16H,8,12-13H2,1H3,(H,26,27);2*2-8,10-12,15-17H,9,13-14H2,1H3,(H,25,26)/t16-,17?;15-,16?;2*16-,17?/m0010/s1. The number of nitriles is 1. The number of benzene rings is 8. The molecule has 8 atom stereocenters. The van der Waals surface area contributed by atoms with E-state index in [1.54, 1.807) is 42.7 Å². The number of hydrogen-bond acceptors (Lipinski definition) is 13. The van der Waals surface area contributed by atoms with E-state index in [-0.39, 0.29) is 53.6 Å². The van der Waals surface area contributed by atoms with Gasteiger partial charge in [-0.25, -0.2) is 24.3 Å². The Bertz CT molecular complexity index is 6070. The van der Waals surface area contributed by atoms with Crippen molar-refractivity contribution >= 4 is 67.8 Å². The molecule has 0 bridgehead atoms. The van der Waals surface area contributed by atoms with E-state index < -0.39 is 0 Å². The van der Waals surface area contributed by atoms with Crippen molar-refractivity contribution < 1.29 is 23.6 Å². The van der Waals surface area contributed by atoms with Crippen LogP contribution in [0.25, 0.3) is 88.6 Å². The summed E-state index contributed by atoms with van der Waals surface area (Å²) in [7, 11) is 0. The van der Waals surface area contributed by atoms with Crippen LogP contribution >= 0.6 is 0 Å². The fraction of sp³-hybridized carbons (Fsp3) is 0.258. The molecular formula is C93H90FN21O4. The normalized spacial score (nSPS) is 18.9. The van der Waals surface area contributed by atoms with Crippen LogP contribution in [0.2, 0.25) is 0 Å². The molecule has 8 aromatic heterocycles. The van der Waals surface area contributed by atoms with Gasteiger partial charge in [-0.1, -0.05) is 72.8 Å². The molecule has 26 heteroatoms. The Balaban J connectivity index is 0.000000113. The van der Waals surface area contributed by atoms with Gasteiger partial charge < -0.3 is 37.9 Å². The van der Waals surface area contributed by atoms with E-state index in [1.807, 2.05) is 149 Å². The average molecular weight is 1580 g/mol. The van der Waals surface area contributed by atoms with Crippen LogP contribution in [0.15, 0.2) is 257 Å². The Morgan fingerprint density at radius 2 is 0.647 bits per heavy atom. The maximum atomic E-state index is 13.2. The number of halogens is 1. The second-order valence-corrected chi connectivity index (χ2v) is 31.9. The van der Waals surface area contributed by atoms with E-state index >= 15 is 0 Å². The van der Waals surface area contributed by atoms with Crippen molar-refractivity contribution in [2.24, 2.45) is 23.7 Å². The molecule has 119 heavy (non-hydrogen) atoms. The monoisotopic (exact) mass is 1580 g/mol. The quantitative estimate of drug-likeness (QED) is 0.0701. The third kappa shape index (κ3) is 16.8. The number of imidazole rings is 4. The molecule has 0 saturated carbocycles. The Hall–Kier alpha value is -14.2. The van der Waals surface area contributed by atoms with Crippen molar-refractivity contribution in [2.45, 2.75) is 104 Å². The molecule has 4 saturated heterocycles. The zero-order valence-electron chi connectivity index (χ0n) is 66.5. The van der Waals surface area contributed by atoms with Crippen LogP contribution in [0, 0.1) is 40.8 Å². The molecule has 25 nitrogen and oxygen atoms in total. The van der Waals surface area contributed by atoms with Crippen molar-refractivity contribution in [3.63, 3.8) is 0 Å². The largest absolute Gasteiger partial charge is 0.336 e. The fourth-order valence-electron chi connectivity index (χ4n) is 17.7. The Kier molecular flexibility index (Phi) is 22.3. The van der Waals surface area contributed by atoms with Crippen LogP contribution in [-0.4, -0.2) is 173 Å². The number of amides is 4. The summed E-state index contributed by atoms with van der Waals surface area (Å²) < 4.78 is 21.9. The van der Waals surface area contributed by atoms with E-state index in [0.29, 0.717) is 53.5 Å². The minimum Gasteiger partial charge on any atom is -0.336 e. The summed E-state index contributed by atoms with van der Waals surface area (Å²) in [5.74, 6) is 1.34. The molecule has 4 aliphatic heterocycles. The lowest BCUT2D eigenvalue weighted by Crippen LogP contribution is -2.34. The Morgan fingerprint density at radius 1 is 0.361 bits per heavy atom. The number of carbonyl (C=O) groups excluding carboxylic acids is 4. The molecule has 20 rings (SSSR count). The van der Waals surface area contributed by atoms with Gasteiger partial charge in [0.05, 0.1) is 111 Å². The van der Waals surface area contributed by atoms with Gasteiger partial charge in [0.15, 0.2) is 0 Å². The predicted molar refractivity (Wildman–Crippen MR) is 454 cm³/mol. The Morgan fingerprint density at radius 3 is 0.941 bits per heavy atom. The molecule has 0 radical (unpaired) electrons. The topological polar surface area (TPSA) is 291 Å². The number of aromatic nitrogens is 16. The number of nitrogens with one attached hydrogen (secondary N) is 4. The first-order valence-electron chi connectivity index (χ1n) is 40.4. The second-order valence-electron chi connectivity index (χ2n) is 31.9. The van der Waals surface area contributed by atoms with Crippen LogP contribution in [0.4, 0.5) is 4.39 Å². The van der Waals surface area contributed by atoms with E-state index in [1.165, 1.54) is 12.1 Å². The van der Waals surface area contributed by atoms with Gasteiger partial charge in [0.2, 0.25) is 0 Å². The number of likely N-dealkylation sites (tertiary alicyclic amines) is 4. The van der Waals surface area contributed by atoms with Crippen molar-refractivity contribution in [1.29, 1.82) is 5.26 Å². The summed E-state index contributed by atoms with van der Waals surface area (Å²) in [5.41, 5.74) is 19.8. The first-order chi connectivity index (χ1) is 58.1. The van der Waals surface area contributed by atoms with E-state index in [0.717, 1.165) is 165 Å². The maximum Gasteiger partial charge on any atom is 0.255 e. The third-order valence-corrected chi connectivity index (χ3v) is 23.7. The highest BCUT2D eigenvalue weighted by Crippen LogP contribution is 2.35. The SMILES string of the molecule is C[C@@H]1CC(Cn2cnc3cc(-c4cn[nH]c4)ccc32)CN1C(=O)c1ccccc1.C[C@H]1CC(Cn2cnc3cc(-c4cn[nH]c4)ccc32)CN1C(=O)c1ccc(F)cc1.C[C@H]1CC(Cn2cnc3cc(-c4cn[nH]c4)ccc32)CN1C(=O)c1ccccc1.C[C@H]1CC(Cn2cnc3cc(-c4cn[nH]c4)ccc32)CN1C(=O)c1ccccc1C#N. The highest BCUT2D eigenvalue weighted by molar-refractivity contribution is 5.98. The van der Waals surface area contributed by atoms with Gasteiger partial charge in [0, 0.05) is 140 Å². The lowest BCUT2D eigenvalue weighted by Gasteiger charge is -2.22. The molecule has 12 heterocycles. The summed E-state index contributed by atoms with van der Waals surface area (Å²) in [6, 6.07) is 59.9. The molecule has 16 aromatic rings. The molecule has 4 aliphatic rings. The van der Waals surface area contributed by atoms with Gasteiger partial charge in [0.25, 0.3) is 23.6 Å². The van der Waals surface area contributed by atoms with Gasteiger partial charge in [0.1, 0.15) is 5.82 Å². The fourth-order valence-corrected chi connectivity index (χ4v) is 17.7. The van der Waals surface area contributed by atoms with Crippen molar-refractivity contribution in [1.82, 2.24) is 98.6 Å². The highest BCUT2D eigenvalue weighted by Gasteiger charge is 2.38. The zero-order valence-corrected chi connectivity index (χ0v) is 66.5. The predicted octanol–water partition coefficient (Wildman–Crippen LogP) is 15.9. The number of fused-ring (bicyclic) bond motifs is 4. The molecule has 4 unspecified atom stereocenters. The van der Waals surface area contributed by atoms with Gasteiger partial charge in [-0.3, -0.25) is 39.6 Å². The molecular weight excluding hydrogens is 1490 g/mol. The van der Waals surface area contributed by atoms with Crippen LogP contribution < -0.4 is 0 Å².